The molecule has 0 saturated carbocycles. The SMILES string of the molecule is CC(C)(CO)CNC(=O)C1CCC(CN)O1. The highest BCUT2D eigenvalue weighted by Gasteiger charge is 2.30. The molecular formula is C11H22N2O3. The predicted molar refractivity (Wildman–Crippen MR) is 60.8 cm³/mol. The van der Waals surface area contributed by atoms with Gasteiger partial charge in [0, 0.05) is 25.1 Å². The third-order valence-electron chi connectivity index (χ3n) is 2.83. The molecule has 5 nitrogen and oxygen atoms in total. The van der Waals surface area contributed by atoms with Crippen LogP contribution in [0.2, 0.25) is 0 Å². The van der Waals surface area contributed by atoms with Crippen molar-refractivity contribution in [3.05, 3.63) is 0 Å². The molecule has 0 radical (unpaired) electrons. The Morgan fingerprint density at radius 1 is 1.56 bits per heavy atom. The van der Waals surface area contributed by atoms with E-state index in [1.54, 1.807) is 0 Å². The van der Waals surface area contributed by atoms with Gasteiger partial charge in [-0.25, -0.2) is 0 Å². The van der Waals surface area contributed by atoms with E-state index in [1.165, 1.54) is 0 Å². The molecule has 4 N–H and O–H groups in total. The molecule has 1 aliphatic heterocycles. The Balaban J connectivity index is 2.31. The normalized spacial score (nSPS) is 25.8. The van der Waals surface area contributed by atoms with Crippen LogP contribution in [0.1, 0.15) is 26.7 Å². The van der Waals surface area contributed by atoms with Crippen molar-refractivity contribution in [1.82, 2.24) is 5.32 Å². The van der Waals surface area contributed by atoms with Crippen LogP contribution in [-0.4, -0.2) is 42.9 Å². The van der Waals surface area contributed by atoms with Crippen LogP contribution in [0.4, 0.5) is 0 Å². The number of carbonyl (C=O) groups is 1. The molecule has 1 heterocycles. The van der Waals surface area contributed by atoms with Crippen molar-refractivity contribution in [2.24, 2.45) is 11.1 Å². The molecule has 0 aromatic rings. The van der Waals surface area contributed by atoms with Crippen molar-refractivity contribution >= 4 is 5.91 Å². The minimum absolute atomic E-state index is 0.0154. The van der Waals surface area contributed by atoms with Gasteiger partial charge in [0.05, 0.1) is 6.10 Å². The first-order valence-electron chi connectivity index (χ1n) is 5.72. The number of ether oxygens (including phenoxy) is 1. The van der Waals surface area contributed by atoms with E-state index in [2.05, 4.69) is 5.32 Å². The first kappa shape index (κ1) is 13.4. The summed E-state index contributed by atoms with van der Waals surface area (Å²) in [5, 5.41) is 11.8. The summed E-state index contributed by atoms with van der Waals surface area (Å²) in [6.07, 6.45) is 1.22. The fraction of sp³-hybridized carbons (Fsp3) is 0.909. The number of aliphatic hydroxyl groups is 1. The van der Waals surface area contributed by atoms with Crippen molar-refractivity contribution in [3.63, 3.8) is 0 Å². The number of nitrogens with one attached hydrogen (secondary N) is 1. The smallest absolute Gasteiger partial charge is 0.249 e. The Labute approximate surface area is 96.3 Å². The lowest BCUT2D eigenvalue weighted by molar-refractivity contribution is -0.132. The Morgan fingerprint density at radius 2 is 2.25 bits per heavy atom. The fourth-order valence-electron chi connectivity index (χ4n) is 1.57. The van der Waals surface area contributed by atoms with Crippen molar-refractivity contribution in [3.8, 4) is 0 Å². The van der Waals surface area contributed by atoms with Crippen LogP contribution >= 0.6 is 0 Å². The van der Waals surface area contributed by atoms with E-state index in [1.807, 2.05) is 13.8 Å². The van der Waals surface area contributed by atoms with Gasteiger partial charge in [-0.1, -0.05) is 13.8 Å². The summed E-state index contributed by atoms with van der Waals surface area (Å²) in [6.45, 7) is 4.75. The second-order valence-corrected chi connectivity index (χ2v) is 5.10. The highest BCUT2D eigenvalue weighted by molar-refractivity contribution is 5.81. The maximum absolute atomic E-state index is 11.7. The molecule has 1 rings (SSSR count). The summed E-state index contributed by atoms with van der Waals surface area (Å²) in [5.41, 5.74) is 5.18. The number of carbonyl (C=O) groups excluding carboxylic acids is 1. The molecule has 1 aliphatic rings. The lowest BCUT2D eigenvalue weighted by atomic mass is 9.95. The van der Waals surface area contributed by atoms with E-state index >= 15 is 0 Å². The van der Waals surface area contributed by atoms with E-state index in [4.69, 9.17) is 15.6 Å². The standard InChI is InChI=1S/C11H22N2O3/c1-11(2,7-14)6-13-10(15)9-4-3-8(5-12)16-9/h8-9,14H,3-7,12H2,1-2H3,(H,13,15). The minimum atomic E-state index is -0.372. The van der Waals surface area contributed by atoms with Gasteiger partial charge in [0.2, 0.25) is 5.91 Å². The van der Waals surface area contributed by atoms with Crippen molar-refractivity contribution in [2.45, 2.75) is 38.9 Å². The molecular weight excluding hydrogens is 208 g/mol. The Bertz CT molecular complexity index is 243. The highest BCUT2D eigenvalue weighted by Crippen LogP contribution is 2.19. The summed E-state index contributed by atoms with van der Waals surface area (Å²) < 4.78 is 5.47. The van der Waals surface area contributed by atoms with Crippen LogP contribution in [0.5, 0.6) is 0 Å². The molecule has 0 aromatic heterocycles. The summed E-state index contributed by atoms with van der Waals surface area (Å²) in [7, 11) is 0. The summed E-state index contributed by atoms with van der Waals surface area (Å²) in [4.78, 5) is 11.7. The van der Waals surface area contributed by atoms with Gasteiger partial charge in [0.1, 0.15) is 6.10 Å². The first-order chi connectivity index (χ1) is 7.48. The Hall–Kier alpha value is -0.650. The Morgan fingerprint density at radius 3 is 2.75 bits per heavy atom. The monoisotopic (exact) mass is 230 g/mol. The van der Waals surface area contributed by atoms with E-state index < -0.39 is 0 Å². The molecule has 94 valence electrons. The maximum atomic E-state index is 11.7. The number of hydrogen-bond acceptors (Lipinski definition) is 4. The molecule has 0 aromatic carbocycles. The first-order valence-corrected chi connectivity index (χ1v) is 5.72. The molecule has 0 bridgehead atoms. The second-order valence-electron chi connectivity index (χ2n) is 5.10. The number of amides is 1. The van der Waals surface area contributed by atoms with Gasteiger partial charge in [0.15, 0.2) is 0 Å². The van der Waals surface area contributed by atoms with Crippen molar-refractivity contribution in [1.29, 1.82) is 0 Å². The van der Waals surface area contributed by atoms with Gasteiger partial charge in [-0.3, -0.25) is 4.79 Å². The van der Waals surface area contributed by atoms with Crippen LogP contribution in [0.25, 0.3) is 0 Å². The van der Waals surface area contributed by atoms with Gasteiger partial charge in [-0.2, -0.15) is 0 Å². The third-order valence-corrected chi connectivity index (χ3v) is 2.83. The molecule has 0 aliphatic carbocycles. The average molecular weight is 230 g/mol. The number of aliphatic hydroxyl groups excluding tert-OH is 1. The maximum Gasteiger partial charge on any atom is 0.249 e. The molecule has 1 fully saturated rings. The van der Waals surface area contributed by atoms with Gasteiger partial charge in [-0.15, -0.1) is 0 Å². The molecule has 1 amide bonds. The van der Waals surface area contributed by atoms with E-state index in [-0.39, 0.29) is 30.1 Å². The lowest BCUT2D eigenvalue weighted by Gasteiger charge is -2.23. The molecule has 2 unspecified atom stereocenters. The van der Waals surface area contributed by atoms with Crippen LogP contribution in [0, 0.1) is 5.41 Å². The molecule has 1 saturated heterocycles. The fourth-order valence-corrected chi connectivity index (χ4v) is 1.57. The van der Waals surface area contributed by atoms with Gasteiger partial charge in [-0.05, 0) is 12.8 Å². The quantitative estimate of drug-likeness (QED) is 0.601. The summed E-state index contributed by atoms with van der Waals surface area (Å²) >= 11 is 0. The molecule has 0 spiro atoms. The number of hydrogen-bond donors (Lipinski definition) is 3. The van der Waals surface area contributed by atoms with Gasteiger partial charge < -0.3 is 20.9 Å². The molecule has 2 atom stereocenters. The third kappa shape index (κ3) is 3.73. The zero-order valence-electron chi connectivity index (χ0n) is 10.0. The minimum Gasteiger partial charge on any atom is -0.396 e. The van der Waals surface area contributed by atoms with Crippen LogP contribution in [0.15, 0.2) is 0 Å². The average Bonchev–Trinajstić information content (AvgIpc) is 2.74. The van der Waals surface area contributed by atoms with Crippen LogP contribution < -0.4 is 11.1 Å². The van der Waals surface area contributed by atoms with E-state index in [0.29, 0.717) is 13.1 Å². The van der Waals surface area contributed by atoms with Crippen LogP contribution in [-0.2, 0) is 9.53 Å². The predicted octanol–water partition coefficient (Wildman–Crippen LogP) is -0.373. The van der Waals surface area contributed by atoms with E-state index in [9.17, 15) is 4.79 Å². The van der Waals surface area contributed by atoms with Crippen molar-refractivity contribution in [2.75, 3.05) is 19.7 Å². The Kier molecular flexibility index (Phi) is 4.70. The number of nitrogens with two attached hydrogens (primary N) is 1. The van der Waals surface area contributed by atoms with Crippen molar-refractivity contribution < 1.29 is 14.6 Å². The largest absolute Gasteiger partial charge is 0.396 e. The summed E-state index contributed by atoms with van der Waals surface area (Å²) in [6, 6.07) is 0. The zero-order valence-corrected chi connectivity index (χ0v) is 10.0. The molecule has 5 heteroatoms. The molecule has 16 heavy (non-hydrogen) atoms. The van der Waals surface area contributed by atoms with Gasteiger partial charge >= 0.3 is 0 Å². The van der Waals surface area contributed by atoms with Gasteiger partial charge in [0.25, 0.3) is 0 Å². The lowest BCUT2D eigenvalue weighted by Crippen LogP contribution is -2.41. The zero-order chi connectivity index (χ0) is 12.2. The topological polar surface area (TPSA) is 84.6 Å². The van der Waals surface area contributed by atoms with E-state index in [0.717, 1.165) is 12.8 Å². The van der Waals surface area contributed by atoms with Crippen LogP contribution in [0.3, 0.4) is 0 Å². The highest BCUT2D eigenvalue weighted by atomic mass is 16.5. The number of rotatable bonds is 5. The summed E-state index contributed by atoms with van der Waals surface area (Å²) in [5.74, 6) is -0.0996. The second kappa shape index (κ2) is 5.61.